The highest BCUT2D eigenvalue weighted by atomic mass is 127. The molecule has 1 aromatic heterocycles. The van der Waals surface area contributed by atoms with Gasteiger partial charge in [-0.1, -0.05) is 0 Å². The maximum atomic E-state index is 13.4. The normalized spacial score (nSPS) is 13.3. The van der Waals surface area contributed by atoms with Crippen molar-refractivity contribution in [2.75, 3.05) is 0 Å². The van der Waals surface area contributed by atoms with Crippen LogP contribution in [-0.4, -0.2) is 9.78 Å². The van der Waals surface area contributed by atoms with E-state index in [4.69, 9.17) is 0 Å². The number of hydrogen-bond acceptors (Lipinski definition) is 1. The van der Waals surface area contributed by atoms with E-state index in [2.05, 4.69) is 5.10 Å². The first kappa shape index (κ1) is 12.7. The molecule has 7 heteroatoms. The summed E-state index contributed by atoms with van der Waals surface area (Å²) in [5, 5.41) is 3.26. The van der Waals surface area contributed by atoms with E-state index in [1.807, 2.05) is 0 Å². The molecule has 0 unspecified atom stereocenters. The van der Waals surface area contributed by atoms with Gasteiger partial charge >= 0.3 is 6.18 Å². The first-order chi connectivity index (χ1) is 6.55. The van der Waals surface area contributed by atoms with Crippen molar-refractivity contribution in [1.29, 1.82) is 0 Å². The highest BCUT2D eigenvalue weighted by Gasteiger charge is 2.40. The monoisotopic (exact) mass is 336 g/mol. The number of rotatable bonds is 0. The second kappa shape index (κ2) is 3.60. The minimum Gasteiger partial charge on any atom is -0.233 e. The summed E-state index contributed by atoms with van der Waals surface area (Å²) in [6.07, 6.45) is -4.62. The molecule has 0 saturated heterocycles. The quantitative estimate of drug-likeness (QED) is 0.525. The van der Waals surface area contributed by atoms with Crippen LogP contribution in [0.4, 0.5) is 17.6 Å². The Labute approximate surface area is 97.8 Å². The molecule has 0 amide bonds. The summed E-state index contributed by atoms with van der Waals surface area (Å²) in [5.74, 6) is -0.949. The van der Waals surface area contributed by atoms with E-state index in [-0.39, 0.29) is 0 Å². The Balaban J connectivity index is 3.38. The van der Waals surface area contributed by atoms with Crippen LogP contribution in [0.2, 0.25) is 0 Å². The molecule has 0 aromatic carbocycles. The van der Waals surface area contributed by atoms with Crippen molar-refractivity contribution in [1.82, 2.24) is 9.78 Å². The summed E-state index contributed by atoms with van der Waals surface area (Å²) in [7, 11) is 0. The Bertz CT molecular complexity index is 341. The predicted octanol–water partition coefficient (Wildman–Crippen LogP) is 3.40. The number of halogens is 5. The van der Waals surface area contributed by atoms with Crippen LogP contribution in [0.3, 0.4) is 0 Å². The fourth-order valence-electron chi connectivity index (χ4n) is 1.00. The standard InChI is InChI=1S/C8H9F4IN2/c1-7(2,3)15-6(9)4(13)5(14-15)8(10,11)12/h1-3H3. The largest absolute Gasteiger partial charge is 0.436 e. The molecule has 1 aromatic rings. The van der Waals surface area contributed by atoms with Gasteiger partial charge < -0.3 is 0 Å². The molecule has 0 aliphatic heterocycles. The maximum Gasteiger partial charge on any atom is 0.436 e. The molecule has 86 valence electrons. The molecule has 1 heterocycles. The van der Waals surface area contributed by atoms with Gasteiger partial charge in [0.05, 0.1) is 5.54 Å². The van der Waals surface area contributed by atoms with Crippen molar-refractivity contribution < 1.29 is 17.6 Å². The van der Waals surface area contributed by atoms with Crippen LogP contribution in [0, 0.1) is 9.52 Å². The van der Waals surface area contributed by atoms with E-state index in [0.717, 1.165) is 4.68 Å². The number of nitrogens with zero attached hydrogens (tertiary/aromatic N) is 2. The average Bonchev–Trinajstić information content (AvgIpc) is 2.26. The molecule has 0 aliphatic rings. The smallest absolute Gasteiger partial charge is 0.233 e. The van der Waals surface area contributed by atoms with Gasteiger partial charge in [0.15, 0.2) is 5.69 Å². The minimum absolute atomic E-state index is 0.491. The SMILES string of the molecule is CC(C)(C)n1nc(C(F)(F)F)c(I)c1F. The van der Waals surface area contributed by atoms with Crippen LogP contribution in [0.25, 0.3) is 0 Å². The lowest BCUT2D eigenvalue weighted by molar-refractivity contribution is -0.142. The second-order valence-corrected chi connectivity index (χ2v) is 5.11. The van der Waals surface area contributed by atoms with Crippen LogP contribution in [0.1, 0.15) is 26.5 Å². The molecule has 0 aliphatic carbocycles. The van der Waals surface area contributed by atoms with Crippen molar-refractivity contribution in [3.63, 3.8) is 0 Å². The van der Waals surface area contributed by atoms with E-state index in [0.29, 0.717) is 0 Å². The molecular formula is C8H9F4IN2. The van der Waals surface area contributed by atoms with Crippen LogP contribution in [0.5, 0.6) is 0 Å². The van der Waals surface area contributed by atoms with E-state index >= 15 is 0 Å². The molecule has 0 spiro atoms. The van der Waals surface area contributed by atoms with E-state index in [1.54, 1.807) is 20.8 Å². The first-order valence-corrected chi connectivity index (χ1v) is 5.14. The molecule has 0 N–H and O–H groups in total. The van der Waals surface area contributed by atoms with Gasteiger partial charge in [-0.25, -0.2) is 4.68 Å². The van der Waals surface area contributed by atoms with Crippen LogP contribution in [-0.2, 0) is 11.7 Å². The molecule has 0 atom stereocenters. The third-order valence-corrected chi connectivity index (χ3v) is 2.63. The van der Waals surface area contributed by atoms with Crippen LogP contribution in [0.15, 0.2) is 0 Å². The maximum absolute atomic E-state index is 13.4. The zero-order valence-electron chi connectivity index (χ0n) is 8.28. The second-order valence-electron chi connectivity index (χ2n) is 4.03. The van der Waals surface area contributed by atoms with E-state index < -0.39 is 26.9 Å². The third-order valence-electron chi connectivity index (χ3n) is 1.68. The number of alkyl halides is 3. The van der Waals surface area contributed by atoms with Crippen LogP contribution < -0.4 is 0 Å². The van der Waals surface area contributed by atoms with Gasteiger partial charge in [-0.2, -0.15) is 22.7 Å². The Kier molecular flexibility index (Phi) is 3.05. The van der Waals surface area contributed by atoms with Crippen molar-refractivity contribution in [2.45, 2.75) is 32.5 Å². The molecular weight excluding hydrogens is 327 g/mol. The van der Waals surface area contributed by atoms with Crippen molar-refractivity contribution in [3.8, 4) is 0 Å². The average molecular weight is 336 g/mol. The molecule has 0 saturated carbocycles. The topological polar surface area (TPSA) is 17.8 Å². The first-order valence-electron chi connectivity index (χ1n) is 4.07. The lowest BCUT2D eigenvalue weighted by Gasteiger charge is -2.19. The molecule has 1 rings (SSSR count). The zero-order chi connectivity index (χ0) is 12.0. The Hall–Kier alpha value is -0.340. The highest BCUT2D eigenvalue weighted by Crippen LogP contribution is 2.34. The van der Waals surface area contributed by atoms with E-state index in [9.17, 15) is 17.6 Å². The van der Waals surface area contributed by atoms with Crippen molar-refractivity contribution >= 4 is 22.6 Å². The van der Waals surface area contributed by atoms with Gasteiger partial charge in [-0.15, -0.1) is 0 Å². The lowest BCUT2D eigenvalue weighted by Crippen LogP contribution is -2.25. The van der Waals surface area contributed by atoms with Gasteiger partial charge in [0, 0.05) is 0 Å². The fraction of sp³-hybridized carbons (Fsp3) is 0.625. The predicted molar refractivity (Wildman–Crippen MR) is 54.9 cm³/mol. The minimum atomic E-state index is -4.62. The summed E-state index contributed by atoms with van der Waals surface area (Å²) in [4.78, 5) is 0. The number of hydrogen-bond donors (Lipinski definition) is 0. The molecule has 0 radical (unpaired) electrons. The summed E-state index contributed by atoms with van der Waals surface area (Å²) >= 11 is 1.31. The van der Waals surface area contributed by atoms with Gasteiger partial charge in [-0.05, 0) is 43.4 Å². The summed E-state index contributed by atoms with van der Waals surface area (Å²) in [5.41, 5.74) is -1.98. The number of aromatic nitrogens is 2. The Morgan fingerprint density at radius 2 is 1.67 bits per heavy atom. The van der Waals surface area contributed by atoms with Crippen molar-refractivity contribution in [3.05, 3.63) is 15.2 Å². The van der Waals surface area contributed by atoms with Gasteiger partial charge in [0.2, 0.25) is 5.95 Å². The van der Waals surface area contributed by atoms with Gasteiger partial charge in [0.1, 0.15) is 3.57 Å². The van der Waals surface area contributed by atoms with E-state index in [1.165, 1.54) is 22.6 Å². The third kappa shape index (κ3) is 2.43. The van der Waals surface area contributed by atoms with Crippen molar-refractivity contribution in [2.24, 2.45) is 0 Å². The summed E-state index contributed by atoms with van der Waals surface area (Å²) in [6, 6.07) is 0. The summed E-state index contributed by atoms with van der Waals surface area (Å²) < 4.78 is 50.8. The Morgan fingerprint density at radius 3 is 1.87 bits per heavy atom. The van der Waals surface area contributed by atoms with Gasteiger partial charge in [-0.3, -0.25) is 0 Å². The molecule has 2 nitrogen and oxygen atoms in total. The highest BCUT2D eigenvalue weighted by molar-refractivity contribution is 14.1. The molecule has 0 bridgehead atoms. The molecule has 0 fully saturated rings. The molecule has 15 heavy (non-hydrogen) atoms. The van der Waals surface area contributed by atoms with Crippen LogP contribution >= 0.6 is 22.6 Å². The lowest BCUT2D eigenvalue weighted by atomic mass is 10.1. The summed E-state index contributed by atoms with van der Waals surface area (Å²) in [6.45, 7) is 4.75. The Morgan fingerprint density at radius 1 is 1.20 bits per heavy atom. The fourth-order valence-corrected chi connectivity index (χ4v) is 1.65. The van der Waals surface area contributed by atoms with Gasteiger partial charge in [0.25, 0.3) is 0 Å². The zero-order valence-corrected chi connectivity index (χ0v) is 10.4.